The van der Waals surface area contributed by atoms with Gasteiger partial charge in [-0.05, 0) is 68.4 Å². The molecule has 2 aromatic rings. The second kappa shape index (κ2) is 10.4. The summed E-state index contributed by atoms with van der Waals surface area (Å²) in [5.41, 5.74) is 1.16. The molecule has 4 rings (SSSR count). The molecule has 0 saturated carbocycles. The van der Waals surface area contributed by atoms with E-state index in [9.17, 15) is 18.0 Å². The van der Waals surface area contributed by atoms with Crippen molar-refractivity contribution in [1.29, 1.82) is 0 Å². The predicted octanol–water partition coefficient (Wildman–Crippen LogP) is 2.77. The summed E-state index contributed by atoms with van der Waals surface area (Å²) in [4.78, 5) is 29.8. The number of halogens is 1. The van der Waals surface area contributed by atoms with Crippen LogP contribution in [0, 0.1) is 5.92 Å². The highest BCUT2D eigenvalue weighted by molar-refractivity contribution is 7.89. The molecule has 2 heterocycles. The number of rotatable bonds is 5. The molecule has 10 heteroatoms. The van der Waals surface area contributed by atoms with E-state index in [0.29, 0.717) is 48.7 Å². The fraction of sp³-hybridized carbons (Fsp3) is 0.417. The quantitative estimate of drug-likeness (QED) is 0.676. The summed E-state index contributed by atoms with van der Waals surface area (Å²) in [7, 11) is -1.66. The molecule has 0 aromatic heterocycles. The third-order valence-corrected chi connectivity index (χ3v) is 8.53. The van der Waals surface area contributed by atoms with Crippen LogP contribution in [0.1, 0.15) is 23.2 Å². The van der Waals surface area contributed by atoms with Crippen molar-refractivity contribution >= 4 is 39.1 Å². The number of likely N-dealkylation sites (N-methyl/N-ethyl adjacent to an activating group) is 1. The van der Waals surface area contributed by atoms with E-state index in [1.807, 2.05) is 11.9 Å². The molecule has 0 aliphatic carbocycles. The number of sulfonamides is 1. The zero-order chi connectivity index (χ0) is 24.3. The molecule has 1 atom stereocenters. The number of amides is 2. The van der Waals surface area contributed by atoms with Gasteiger partial charge in [-0.3, -0.25) is 9.59 Å². The number of nitrogens with one attached hydrogen (secondary N) is 1. The van der Waals surface area contributed by atoms with E-state index in [-0.39, 0.29) is 23.3 Å². The summed E-state index contributed by atoms with van der Waals surface area (Å²) in [5.74, 6) is -0.696. The van der Waals surface area contributed by atoms with Crippen LogP contribution in [0.2, 0.25) is 5.02 Å². The first kappa shape index (κ1) is 24.7. The van der Waals surface area contributed by atoms with E-state index in [1.165, 1.54) is 16.4 Å². The maximum atomic E-state index is 13.0. The molecular formula is C24H29ClN4O4S. The standard InChI is InChI=1S/C24H29ClN4O4S/c1-27-13-15-28(16-14-27)24(31)18-4-8-21(9-5-18)26-23(30)19-3-2-12-29(17-19)34(32,33)22-10-6-20(25)7-11-22/h4-11,19H,2-3,12-17H2,1H3,(H,26,30)/t19-/m0/s1. The smallest absolute Gasteiger partial charge is 0.253 e. The molecule has 34 heavy (non-hydrogen) atoms. The van der Waals surface area contributed by atoms with E-state index in [4.69, 9.17) is 11.6 Å². The number of carbonyl (C=O) groups excluding carboxylic acids is 2. The van der Waals surface area contributed by atoms with Gasteiger partial charge in [-0.2, -0.15) is 4.31 Å². The molecular weight excluding hydrogens is 476 g/mol. The van der Waals surface area contributed by atoms with Crippen molar-refractivity contribution in [2.75, 3.05) is 51.6 Å². The van der Waals surface area contributed by atoms with Crippen molar-refractivity contribution in [3.05, 3.63) is 59.1 Å². The van der Waals surface area contributed by atoms with Gasteiger partial charge in [0.2, 0.25) is 15.9 Å². The minimum absolute atomic E-state index is 0.0127. The number of piperidine rings is 1. The number of anilines is 1. The van der Waals surface area contributed by atoms with Crippen LogP contribution in [0.3, 0.4) is 0 Å². The van der Waals surface area contributed by atoms with Crippen molar-refractivity contribution in [3.63, 3.8) is 0 Å². The first-order chi connectivity index (χ1) is 16.2. The van der Waals surface area contributed by atoms with E-state index in [1.54, 1.807) is 36.4 Å². The summed E-state index contributed by atoms with van der Waals surface area (Å²) in [5, 5.41) is 3.34. The molecule has 1 N–H and O–H groups in total. The molecule has 0 spiro atoms. The van der Waals surface area contributed by atoms with Gasteiger partial charge in [0.1, 0.15) is 0 Å². The second-order valence-electron chi connectivity index (χ2n) is 8.82. The number of hydrogen-bond donors (Lipinski definition) is 1. The van der Waals surface area contributed by atoms with Crippen LogP contribution < -0.4 is 5.32 Å². The zero-order valence-electron chi connectivity index (χ0n) is 19.1. The van der Waals surface area contributed by atoms with Crippen molar-refractivity contribution in [3.8, 4) is 0 Å². The summed E-state index contributed by atoms with van der Waals surface area (Å²) in [6.07, 6.45) is 1.21. The van der Waals surface area contributed by atoms with Crippen molar-refractivity contribution in [2.24, 2.45) is 5.92 Å². The van der Waals surface area contributed by atoms with Gasteiger partial charge in [0, 0.05) is 55.5 Å². The van der Waals surface area contributed by atoms with Gasteiger partial charge in [0.05, 0.1) is 10.8 Å². The molecule has 182 valence electrons. The zero-order valence-corrected chi connectivity index (χ0v) is 20.7. The molecule has 2 saturated heterocycles. The Kier molecular flexibility index (Phi) is 7.57. The Bertz CT molecular complexity index is 1130. The highest BCUT2D eigenvalue weighted by Crippen LogP contribution is 2.26. The lowest BCUT2D eigenvalue weighted by Crippen LogP contribution is -2.47. The van der Waals surface area contributed by atoms with Gasteiger partial charge in [-0.1, -0.05) is 11.6 Å². The van der Waals surface area contributed by atoms with Crippen LogP contribution in [0.15, 0.2) is 53.4 Å². The number of nitrogens with zero attached hydrogens (tertiary/aromatic N) is 3. The SMILES string of the molecule is CN1CCN(C(=O)c2ccc(NC(=O)[C@H]3CCCN(S(=O)(=O)c4ccc(Cl)cc4)C3)cc2)CC1. The third-order valence-electron chi connectivity index (χ3n) is 6.40. The highest BCUT2D eigenvalue weighted by Gasteiger charge is 2.33. The third kappa shape index (κ3) is 5.60. The predicted molar refractivity (Wildman–Crippen MR) is 131 cm³/mol. The Labute approximate surface area is 205 Å². The van der Waals surface area contributed by atoms with Gasteiger partial charge in [0.15, 0.2) is 0 Å². The first-order valence-electron chi connectivity index (χ1n) is 11.4. The van der Waals surface area contributed by atoms with Crippen molar-refractivity contribution in [2.45, 2.75) is 17.7 Å². The average molecular weight is 505 g/mol. The maximum Gasteiger partial charge on any atom is 0.253 e. The first-order valence-corrected chi connectivity index (χ1v) is 13.2. The summed E-state index contributed by atoms with van der Waals surface area (Å²) in [6.45, 7) is 3.60. The second-order valence-corrected chi connectivity index (χ2v) is 11.2. The molecule has 2 aliphatic rings. The number of piperazine rings is 1. The molecule has 2 aromatic carbocycles. The summed E-state index contributed by atoms with van der Waals surface area (Å²) in [6, 6.07) is 12.9. The molecule has 0 bridgehead atoms. The topological polar surface area (TPSA) is 90.0 Å². The summed E-state index contributed by atoms with van der Waals surface area (Å²) >= 11 is 5.88. The molecule has 0 unspecified atom stereocenters. The highest BCUT2D eigenvalue weighted by atomic mass is 35.5. The van der Waals surface area contributed by atoms with Gasteiger partial charge in [-0.15, -0.1) is 0 Å². The van der Waals surface area contributed by atoms with Gasteiger partial charge >= 0.3 is 0 Å². The lowest BCUT2D eigenvalue weighted by Gasteiger charge is -2.32. The van der Waals surface area contributed by atoms with Crippen LogP contribution in [0.4, 0.5) is 5.69 Å². The molecule has 8 nitrogen and oxygen atoms in total. The normalized spacial score (nSPS) is 20.2. The average Bonchev–Trinajstić information content (AvgIpc) is 2.85. The van der Waals surface area contributed by atoms with E-state index in [0.717, 1.165) is 13.1 Å². The van der Waals surface area contributed by atoms with E-state index < -0.39 is 15.9 Å². The van der Waals surface area contributed by atoms with E-state index >= 15 is 0 Å². The minimum Gasteiger partial charge on any atom is -0.336 e. The largest absolute Gasteiger partial charge is 0.336 e. The number of carbonyl (C=O) groups is 2. The van der Waals surface area contributed by atoms with Crippen molar-refractivity contribution in [1.82, 2.24) is 14.1 Å². The molecule has 2 fully saturated rings. The number of benzene rings is 2. The van der Waals surface area contributed by atoms with Crippen LogP contribution in [-0.2, 0) is 14.8 Å². The summed E-state index contributed by atoms with van der Waals surface area (Å²) < 4.78 is 27.3. The monoisotopic (exact) mass is 504 g/mol. The Morgan fingerprint density at radius 1 is 0.941 bits per heavy atom. The Balaban J connectivity index is 1.37. The van der Waals surface area contributed by atoms with Crippen LogP contribution in [-0.4, -0.2) is 80.7 Å². The number of hydrogen-bond acceptors (Lipinski definition) is 5. The van der Waals surface area contributed by atoms with Gasteiger partial charge < -0.3 is 15.1 Å². The van der Waals surface area contributed by atoms with Crippen LogP contribution >= 0.6 is 11.6 Å². The van der Waals surface area contributed by atoms with Crippen LogP contribution in [0.5, 0.6) is 0 Å². The Morgan fingerprint density at radius 2 is 1.59 bits per heavy atom. The fourth-order valence-corrected chi connectivity index (χ4v) is 5.91. The maximum absolute atomic E-state index is 13.0. The lowest BCUT2D eigenvalue weighted by molar-refractivity contribution is -0.120. The minimum atomic E-state index is -3.70. The van der Waals surface area contributed by atoms with Gasteiger partial charge in [-0.25, -0.2) is 8.42 Å². The molecule has 2 amide bonds. The van der Waals surface area contributed by atoms with Crippen LogP contribution in [0.25, 0.3) is 0 Å². The lowest BCUT2D eigenvalue weighted by atomic mass is 9.98. The Morgan fingerprint density at radius 3 is 2.24 bits per heavy atom. The molecule has 0 radical (unpaired) electrons. The fourth-order valence-electron chi connectivity index (χ4n) is 4.26. The van der Waals surface area contributed by atoms with E-state index in [2.05, 4.69) is 10.2 Å². The molecule has 2 aliphatic heterocycles. The van der Waals surface area contributed by atoms with Crippen molar-refractivity contribution < 1.29 is 18.0 Å². The Hall–Kier alpha value is -2.46. The van der Waals surface area contributed by atoms with Gasteiger partial charge in [0.25, 0.3) is 5.91 Å².